The molecule has 0 N–H and O–H groups in total. The Bertz CT molecular complexity index is 192. The van der Waals surface area contributed by atoms with Crippen molar-refractivity contribution in [2.75, 3.05) is 0 Å². The molecular weight excluding hydrogens is 156 g/mol. The number of carbonyl (C=O) groups is 1. The standard InChI is InChI=1S/C9H10O3/c1-3-5-7-11-9(10)12-8-6-4-2/h3-8H,1-2H2. The third-order valence-electron chi connectivity index (χ3n) is 0.758. The second kappa shape index (κ2) is 7.34. The Kier molecular flexibility index (Phi) is 6.26. The van der Waals surface area contributed by atoms with Gasteiger partial charge in [0.2, 0.25) is 0 Å². The third kappa shape index (κ3) is 6.35. The van der Waals surface area contributed by atoms with Crippen molar-refractivity contribution < 1.29 is 14.3 Å². The summed E-state index contributed by atoms with van der Waals surface area (Å²) in [4.78, 5) is 10.6. The molecule has 0 aromatic carbocycles. The highest BCUT2D eigenvalue weighted by Gasteiger charge is 1.95. The van der Waals surface area contributed by atoms with Crippen LogP contribution in [-0.4, -0.2) is 6.16 Å². The number of rotatable bonds is 4. The van der Waals surface area contributed by atoms with Crippen LogP contribution < -0.4 is 0 Å². The molecule has 0 aliphatic carbocycles. The van der Waals surface area contributed by atoms with Crippen LogP contribution in [0.5, 0.6) is 0 Å². The quantitative estimate of drug-likeness (QED) is 0.365. The molecular formula is C9H10O3. The van der Waals surface area contributed by atoms with Crippen LogP contribution in [0, 0.1) is 0 Å². The van der Waals surface area contributed by atoms with Crippen molar-refractivity contribution in [2.24, 2.45) is 0 Å². The van der Waals surface area contributed by atoms with Crippen molar-refractivity contribution in [1.29, 1.82) is 0 Å². The molecule has 0 aromatic rings. The summed E-state index contributed by atoms with van der Waals surface area (Å²) >= 11 is 0. The molecule has 0 aliphatic heterocycles. The first-order valence-corrected chi connectivity index (χ1v) is 3.23. The maximum Gasteiger partial charge on any atom is 0.518 e. The predicted octanol–water partition coefficient (Wildman–Crippen LogP) is 2.54. The normalized spacial score (nSPS) is 10.0. The van der Waals surface area contributed by atoms with Crippen LogP contribution >= 0.6 is 0 Å². The molecule has 0 rings (SSSR count). The lowest BCUT2D eigenvalue weighted by molar-refractivity contribution is 0.120. The molecule has 0 saturated carbocycles. The molecule has 0 heterocycles. The zero-order valence-electron chi connectivity index (χ0n) is 6.60. The van der Waals surface area contributed by atoms with Gasteiger partial charge < -0.3 is 9.47 Å². The van der Waals surface area contributed by atoms with Crippen molar-refractivity contribution in [2.45, 2.75) is 0 Å². The first-order chi connectivity index (χ1) is 5.81. The minimum absolute atomic E-state index is 0.800. The van der Waals surface area contributed by atoms with E-state index in [4.69, 9.17) is 0 Å². The Morgan fingerprint density at radius 3 is 1.75 bits per heavy atom. The van der Waals surface area contributed by atoms with Gasteiger partial charge in [0.1, 0.15) is 0 Å². The molecule has 0 saturated heterocycles. The van der Waals surface area contributed by atoms with E-state index in [2.05, 4.69) is 22.6 Å². The van der Waals surface area contributed by atoms with E-state index in [1.54, 1.807) is 0 Å². The van der Waals surface area contributed by atoms with Gasteiger partial charge in [-0.25, -0.2) is 4.79 Å². The zero-order chi connectivity index (χ0) is 9.23. The fourth-order valence-corrected chi connectivity index (χ4v) is 0.329. The van der Waals surface area contributed by atoms with Gasteiger partial charge in [-0.3, -0.25) is 0 Å². The van der Waals surface area contributed by atoms with Crippen molar-refractivity contribution in [3.8, 4) is 0 Å². The monoisotopic (exact) mass is 166 g/mol. The SMILES string of the molecule is C=CC=COC(=O)OC=CC=C. The molecule has 12 heavy (non-hydrogen) atoms. The summed E-state index contributed by atoms with van der Waals surface area (Å²) in [6.07, 6.45) is 7.45. The van der Waals surface area contributed by atoms with Crippen molar-refractivity contribution in [3.05, 3.63) is 50.0 Å². The summed E-state index contributed by atoms with van der Waals surface area (Å²) in [5.41, 5.74) is 0. The molecule has 0 fully saturated rings. The van der Waals surface area contributed by atoms with E-state index < -0.39 is 6.16 Å². The van der Waals surface area contributed by atoms with Crippen LogP contribution in [0.1, 0.15) is 0 Å². The van der Waals surface area contributed by atoms with E-state index in [9.17, 15) is 4.79 Å². The van der Waals surface area contributed by atoms with Crippen LogP contribution in [0.2, 0.25) is 0 Å². The van der Waals surface area contributed by atoms with Crippen molar-refractivity contribution in [1.82, 2.24) is 0 Å². The topological polar surface area (TPSA) is 35.5 Å². The van der Waals surface area contributed by atoms with Gasteiger partial charge in [0, 0.05) is 0 Å². The highest BCUT2D eigenvalue weighted by Crippen LogP contribution is 1.88. The van der Waals surface area contributed by atoms with Gasteiger partial charge in [0.15, 0.2) is 0 Å². The number of hydrogen-bond donors (Lipinski definition) is 0. The third-order valence-corrected chi connectivity index (χ3v) is 0.758. The summed E-state index contributed by atoms with van der Waals surface area (Å²) in [6.45, 7) is 6.77. The highest BCUT2D eigenvalue weighted by molar-refractivity contribution is 5.61. The molecule has 0 radical (unpaired) electrons. The average molecular weight is 166 g/mol. The largest absolute Gasteiger partial charge is 0.518 e. The van der Waals surface area contributed by atoms with Crippen LogP contribution in [0.4, 0.5) is 4.79 Å². The van der Waals surface area contributed by atoms with E-state index in [1.807, 2.05) is 0 Å². The maximum atomic E-state index is 10.6. The number of ether oxygens (including phenoxy) is 2. The zero-order valence-corrected chi connectivity index (χ0v) is 6.60. The molecule has 3 nitrogen and oxygen atoms in total. The van der Waals surface area contributed by atoms with Crippen LogP contribution in [0.15, 0.2) is 50.0 Å². The number of hydrogen-bond acceptors (Lipinski definition) is 3. The number of allylic oxidation sites excluding steroid dienone is 4. The molecule has 3 heteroatoms. The van der Waals surface area contributed by atoms with Gasteiger partial charge in [-0.15, -0.1) is 0 Å². The van der Waals surface area contributed by atoms with Gasteiger partial charge in [0.25, 0.3) is 0 Å². The van der Waals surface area contributed by atoms with E-state index in [0.717, 1.165) is 0 Å². The molecule has 0 aromatic heterocycles. The Morgan fingerprint density at radius 1 is 1.00 bits per heavy atom. The van der Waals surface area contributed by atoms with Crippen LogP contribution in [0.3, 0.4) is 0 Å². The minimum atomic E-state index is -0.800. The molecule has 0 unspecified atom stereocenters. The van der Waals surface area contributed by atoms with Crippen molar-refractivity contribution >= 4 is 6.16 Å². The lowest BCUT2D eigenvalue weighted by Gasteiger charge is -1.93. The van der Waals surface area contributed by atoms with Gasteiger partial charge in [-0.05, 0) is 12.2 Å². The van der Waals surface area contributed by atoms with Crippen LogP contribution in [0.25, 0.3) is 0 Å². The molecule has 0 bridgehead atoms. The first-order valence-electron chi connectivity index (χ1n) is 3.23. The first kappa shape index (κ1) is 10.2. The summed E-state index contributed by atoms with van der Waals surface area (Å²) < 4.78 is 8.86. The van der Waals surface area contributed by atoms with Gasteiger partial charge >= 0.3 is 6.16 Å². The Hall–Kier alpha value is -1.77. The molecule has 0 atom stereocenters. The molecule has 0 aliphatic rings. The van der Waals surface area contributed by atoms with Gasteiger partial charge in [-0.2, -0.15) is 0 Å². The Labute approximate surface area is 71.3 Å². The summed E-state index contributed by atoms with van der Waals surface area (Å²) in [6, 6.07) is 0. The van der Waals surface area contributed by atoms with Crippen molar-refractivity contribution in [3.63, 3.8) is 0 Å². The molecule has 64 valence electrons. The second-order valence-corrected chi connectivity index (χ2v) is 1.61. The van der Waals surface area contributed by atoms with Gasteiger partial charge in [-0.1, -0.05) is 25.3 Å². The van der Waals surface area contributed by atoms with Gasteiger partial charge in [0.05, 0.1) is 12.5 Å². The Morgan fingerprint density at radius 2 is 1.42 bits per heavy atom. The minimum Gasteiger partial charge on any atom is -0.403 e. The number of carbonyl (C=O) groups excluding carboxylic acids is 1. The van der Waals surface area contributed by atoms with E-state index in [0.29, 0.717) is 0 Å². The van der Waals surface area contributed by atoms with E-state index in [-0.39, 0.29) is 0 Å². The van der Waals surface area contributed by atoms with E-state index in [1.165, 1.54) is 36.8 Å². The Balaban J connectivity index is 3.59. The van der Waals surface area contributed by atoms with E-state index >= 15 is 0 Å². The molecule has 0 spiro atoms. The fraction of sp³-hybridized carbons (Fsp3) is 0. The lowest BCUT2D eigenvalue weighted by Crippen LogP contribution is -1.97. The fourth-order valence-electron chi connectivity index (χ4n) is 0.329. The summed E-state index contributed by atoms with van der Waals surface area (Å²) in [7, 11) is 0. The lowest BCUT2D eigenvalue weighted by atomic mass is 10.6. The molecule has 0 amide bonds. The second-order valence-electron chi connectivity index (χ2n) is 1.61. The smallest absolute Gasteiger partial charge is 0.403 e. The summed E-state index contributed by atoms with van der Waals surface area (Å²) in [5.74, 6) is 0. The van der Waals surface area contributed by atoms with Crippen LogP contribution in [-0.2, 0) is 9.47 Å². The predicted molar refractivity (Wildman–Crippen MR) is 46.2 cm³/mol. The highest BCUT2D eigenvalue weighted by atomic mass is 16.7. The maximum absolute atomic E-state index is 10.6. The average Bonchev–Trinajstić information content (AvgIpc) is 2.06. The summed E-state index contributed by atoms with van der Waals surface area (Å²) in [5, 5.41) is 0.